The van der Waals surface area contributed by atoms with Gasteiger partial charge in [0.25, 0.3) is 0 Å². The van der Waals surface area contributed by atoms with Crippen molar-refractivity contribution in [2.24, 2.45) is 82.3 Å². The third-order valence-corrected chi connectivity index (χ3v) is 23.0. The third-order valence-electron chi connectivity index (χ3n) is 21.3. The number of fused-ring (bicyclic) bond motifs is 14. The molecular formula is C57H78N4OS. The highest BCUT2D eigenvalue weighted by Crippen LogP contribution is 2.75. The summed E-state index contributed by atoms with van der Waals surface area (Å²) in [4.78, 5) is 0. The summed E-state index contributed by atoms with van der Waals surface area (Å²) in [6.45, 7) is 0. The highest BCUT2D eigenvalue weighted by Gasteiger charge is 2.72. The average molecular weight is 867 g/mol. The van der Waals surface area contributed by atoms with Crippen LogP contribution in [0.25, 0.3) is 0 Å². The monoisotopic (exact) mass is 867 g/mol. The van der Waals surface area contributed by atoms with E-state index in [-0.39, 0.29) is 5.92 Å². The maximum absolute atomic E-state index is 10.9. The number of thioether (sulfide) groups is 1. The van der Waals surface area contributed by atoms with Crippen molar-refractivity contribution in [1.82, 2.24) is 16.0 Å². The fourth-order valence-corrected chi connectivity index (χ4v) is 20.8. The van der Waals surface area contributed by atoms with Crippen LogP contribution in [-0.4, -0.2) is 41.2 Å². The fourth-order valence-electron chi connectivity index (χ4n) is 19.0. The Hall–Kier alpha value is -1.88. The summed E-state index contributed by atoms with van der Waals surface area (Å²) in [7, 11) is 0. The van der Waals surface area contributed by atoms with Crippen molar-refractivity contribution in [3.63, 3.8) is 0 Å². The topological polar surface area (TPSA) is 69.1 Å². The van der Waals surface area contributed by atoms with Gasteiger partial charge >= 0.3 is 0 Å². The van der Waals surface area contributed by atoms with Crippen LogP contribution in [0.1, 0.15) is 148 Å². The molecule has 5 nitrogen and oxygen atoms in total. The number of ether oxygens (including phenoxy) is 1. The van der Waals surface area contributed by atoms with Crippen molar-refractivity contribution >= 4 is 11.8 Å². The van der Waals surface area contributed by atoms with Gasteiger partial charge in [0.05, 0.1) is 36.8 Å². The Kier molecular flexibility index (Phi) is 11.2. The van der Waals surface area contributed by atoms with Crippen LogP contribution in [-0.2, 0) is 4.74 Å². The van der Waals surface area contributed by atoms with Crippen molar-refractivity contribution in [2.75, 3.05) is 0 Å². The minimum absolute atomic E-state index is 0.257. The molecule has 3 heterocycles. The number of rotatable bonds is 4. The molecular weight excluding hydrogens is 789 g/mol. The highest BCUT2D eigenvalue weighted by atomic mass is 32.2. The first-order valence-corrected chi connectivity index (χ1v) is 28.2. The van der Waals surface area contributed by atoms with Gasteiger partial charge in [-0.15, -0.1) is 11.8 Å². The Labute approximate surface area is 384 Å². The largest absolute Gasteiger partial charge is 0.374 e. The first-order chi connectivity index (χ1) is 31.2. The molecule has 13 aliphatic rings. The van der Waals surface area contributed by atoms with Crippen LogP contribution in [0, 0.1) is 93.7 Å². The number of hydrogen-bond donors (Lipinski definition) is 3. The maximum Gasteiger partial charge on any atom is 0.0658 e. The Balaban J connectivity index is 0.795. The summed E-state index contributed by atoms with van der Waals surface area (Å²) in [5.74, 6) is 8.33. The van der Waals surface area contributed by atoms with E-state index in [0.29, 0.717) is 94.0 Å². The molecule has 20 unspecified atom stereocenters. The van der Waals surface area contributed by atoms with E-state index in [1.807, 2.05) is 0 Å². The minimum atomic E-state index is 0.257. The van der Waals surface area contributed by atoms with Crippen LogP contribution < -0.4 is 16.0 Å². The molecule has 10 aliphatic carbocycles. The van der Waals surface area contributed by atoms with E-state index in [1.54, 1.807) is 16.7 Å². The van der Waals surface area contributed by atoms with Crippen LogP contribution in [0.3, 0.4) is 0 Å². The smallest absolute Gasteiger partial charge is 0.0658 e. The maximum atomic E-state index is 10.9. The number of nitrogens with one attached hydrogen (secondary N) is 3. The van der Waals surface area contributed by atoms with Gasteiger partial charge in [-0.25, -0.2) is 0 Å². The van der Waals surface area contributed by atoms with Gasteiger partial charge in [-0.2, -0.15) is 5.26 Å². The molecule has 6 heteroatoms. The van der Waals surface area contributed by atoms with Crippen molar-refractivity contribution < 1.29 is 4.74 Å². The van der Waals surface area contributed by atoms with Crippen LogP contribution in [0.4, 0.5) is 0 Å². The Morgan fingerprint density at radius 1 is 0.651 bits per heavy atom. The van der Waals surface area contributed by atoms with Gasteiger partial charge in [-0.1, -0.05) is 105 Å². The first-order valence-electron chi connectivity index (χ1n) is 27.3. The summed E-state index contributed by atoms with van der Waals surface area (Å²) in [6, 6.07) is 3.02. The Morgan fingerprint density at radius 2 is 1.44 bits per heavy atom. The molecule has 0 bridgehead atoms. The molecule has 1 spiro atoms. The molecule has 8 fully saturated rings. The second-order valence-corrected chi connectivity index (χ2v) is 25.0. The van der Waals surface area contributed by atoms with E-state index in [0.717, 1.165) is 23.7 Å². The molecule has 13 rings (SSSR count). The molecule has 0 aromatic rings. The Bertz CT molecular complexity index is 1970. The van der Waals surface area contributed by atoms with Crippen LogP contribution >= 0.6 is 11.8 Å². The second-order valence-electron chi connectivity index (χ2n) is 23.7. The van der Waals surface area contributed by atoms with E-state index in [1.165, 1.54) is 148 Å². The van der Waals surface area contributed by atoms with Crippen LogP contribution in [0.2, 0.25) is 0 Å². The van der Waals surface area contributed by atoms with E-state index < -0.39 is 0 Å². The second kappa shape index (κ2) is 17.0. The molecule has 5 saturated carbocycles. The molecule has 3 aliphatic heterocycles. The zero-order chi connectivity index (χ0) is 41.6. The lowest BCUT2D eigenvalue weighted by atomic mass is 9.45. The molecule has 20 atom stereocenters. The van der Waals surface area contributed by atoms with Gasteiger partial charge in [-0.05, 0) is 173 Å². The van der Waals surface area contributed by atoms with Crippen molar-refractivity contribution in [2.45, 2.75) is 189 Å². The molecule has 0 aromatic carbocycles. The van der Waals surface area contributed by atoms with Crippen molar-refractivity contribution in [1.29, 1.82) is 5.26 Å². The van der Waals surface area contributed by atoms with E-state index >= 15 is 0 Å². The van der Waals surface area contributed by atoms with Gasteiger partial charge in [0.1, 0.15) is 0 Å². The normalized spacial score (nSPS) is 51.2. The lowest BCUT2D eigenvalue weighted by molar-refractivity contribution is -0.225. The predicted octanol–water partition coefficient (Wildman–Crippen LogP) is 12.1. The summed E-state index contributed by atoms with van der Waals surface area (Å²) < 4.78 is 7.23. The SMILES string of the molecule is N#CC1CC2C(C3C=C(C4=CCC(C5NC(C6CCCCC6)NC(C6CCC=C7C8C=CC=CC8SC76)N5)CC4)CCC3C23C2C=CCCC2OC2CCCCC23)C2CCCCC12. The van der Waals surface area contributed by atoms with Gasteiger partial charge in [0, 0.05) is 34.2 Å². The molecule has 0 radical (unpaired) electrons. The zero-order valence-electron chi connectivity index (χ0n) is 38.3. The fraction of sp³-hybridized carbons (Fsp3) is 0.772. The number of allylic oxidation sites excluding steroid dienone is 9. The number of nitriles is 1. The predicted molar refractivity (Wildman–Crippen MR) is 256 cm³/mol. The third kappa shape index (κ3) is 6.78. The van der Waals surface area contributed by atoms with E-state index in [9.17, 15) is 5.26 Å². The number of hydrogen-bond acceptors (Lipinski definition) is 6. The minimum Gasteiger partial charge on any atom is -0.374 e. The zero-order valence-corrected chi connectivity index (χ0v) is 39.1. The Morgan fingerprint density at radius 3 is 2.32 bits per heavy atom. The molecule has 0 aromatic heterocycles. The summed E-state index contributed by atoms with van der Waals surface area (Å²) in [6.07, 6.45) is 55.3. The number of nitrogens with zero attached hydrogens (tertiary/aromatic N) is 1. The van der Waals surface area contributed by atoms with Gasteiger partial charge in [-0.3, -0.25) is 16.0 Å². The first kappa shape index (κ1) is 41.3. The average Bonchev–Trinajstić information content (AvgIpc) is 3.88. The lowest BCUT2D eigenvalue weighted by Gasteiger charge is -2.63. The van der Waals surface area contributed by atoms with Gasteiger partial charge in [0.15, 0.2) is 0 Å². The van der Waals surface area contributed by atoms with E-state index in [2.05, 4.69) is 88.5 Å². The summed E-state index contributed by atoms with van der Waals surface area (Å²) in [5, 5.41) is 25.1. The molecule has 3 saturated heterocycles. The molecule has 0 amide bonds. The van der Waals surface area contributed by atoms with Crippen LogP contribution in [0.15, 0.2) is 71.4 Å². The lowest BCUT2D eigenvalue weighted by Crippen LogP contribution is -2.73. The standard InChI is InChI=1S/C57H78N4OS/c58-33-38-32-48-52(41-17-5-4-15-39(38)41)44-31-37(29-30-45(44)57(48)46-20-7-9-22-49(46)62-50-23-10-8-21-47(50)57)34-25-27-36(28-26-34)55-59-54(35-13-2-1-3-14-35)60-56(61-55)43-19-12-18-42-40-16-6-11-24-51(40)63-53(42)43/h6-7,11,16,18,20,24-25,31,35-36,38-41,43-56,59-61H,1-5,8-10,12-15,17,19,21-23,26-30,32H2. The summed E-state index contributed by atoms with van der Waals surface area (Å²) >= 11 is 2.26. The summed E-state index contributed by atoms with van der Waals surface area (Å²) in [5.41, 5.74) is 5.50. The highest BCUT2D eigenvalue weighted by molar-refractivity contribution is 8.01. The molecule has 338 valence electrons. The molecule has 3 N–H and O–H groups in total. The quantitative estimate of drug-likeness (QED) is 0.245. The molecule has 63 heavy (non-hydrogen) atoms. The van der Waals surface area contributed by atoms with Crippen LogP contribution in [0.5, 0.6) is 0 Å². The van der Waals surface area contributed by atoms with Crippen molar-refractivity contribution in [3.05, 3.63) is 71.4 Å². The van der Waals surface area contributed by atoms with Crippen molar-refractivity contribution in [3.8, 4) is 6.07 Å². The van der Waals surface area contributed by atoms with E-state index in [4.69, 9.17) is 4.74 Å². The van der Waals surface area contributed by atoms with Gasteiger partial charge in [0.2, 0.25) is 0 Å². The van der Waals surface area contributed by atoms with Gasteiger partial charge < -0.3 is 4.74 Å².